The number of hydrogen-bond donors (Lipinski definition) is 1. The number of carbonyl (C=O) groups excluding carboxylic acids is 1. The second kappa shape index (κ2) is 8.17. The van der Waals surface area contributed by atoms with Crippen molar-refractivity contribution < 1.29 is 9.53 Å². The molecule has 0 aliphatic carbocycles. The van der Waals surface area contributed by atoms with Crippen LogP contribution < -0.4 is 10.1 Å². The zero-order valence-electron chi connectivity index (χ0n) is 11.5. The summed E-state index contributed by atoms with van der Waals surface area (Å²) < 4.78 is 5.37. The van der Waals surface area contributed by atoms with Crippen LogP contribution in [-0.4, -0.2) is 37.6 Å². The molecular weight excluding hydrogens is 240 g/mol. The van der Waals surface area contributed by atoms with Gasteiger partial charge in [-0.2, -0.15) is 0 Å². The average Bonchev–Trinajstić information content (AvgIpc) is 2.41. The van der Waals surface area contributed by atoms with Crippen molar-refractivity contribution >= 4 is 5.91 Å². The summed E-state index contributed by atoms with van der Waals surface area (Å²) >= 11 is 0. The van der Waals surface area contributed by atoms with Gasteiger partial charge in [-0.25, -0.2) is 0 Å². The molecule has 0 unspecified atom stereocenters. The third kappa shape index (κ3) is 5.45. The van der Waals surface area contributed by atoms with E-state index in [0.29, 0.717) is 19.7 Å². The van der Waals surface area contributed by atoms with Crippen molar-refractivity contribution in [2.45, 2.75) is 13.5 Å². The zero-order chi connectivity index (χ0) is 14.1. The van der Waals surface area contributed by atoms with E-state index in [1.807, 2.05) is 31.2 Å². The number of hydrogen-bond acceptors (Lipinski definition) is 3. The molecule has 4 nitrogen and oxygen atoms in total. The van der Waals surface area contributed by atoms with Gasteiger partial charge in [0.15, 0.2) is 0 Å². The molecule has 1 aromatic rings. The maximum Gasteiger partial charge on any atom is 0.236 e. The predicted molar refractivity (Wildman–Crippen MR) is 75.8 cm³/mol. The molecule has 0 heterocycles. The molecule has 0 aromatic heterocycles. The highest BCUT2D eigenvalue weighted by Crippen LogP contribution is 2.13. The molecule has 0 radical (unpaired) electrons. The lowest BCUT2D eigenvalue weighted by Gasteiger charge is -2.17. The van der Waals surface area contributed by atoms with Crippen LogP contribution in [0, 0.1) is 12.3 Å². The molecule has 1 N–H and O–H groups in total. The van der Waals surface area contributed by atoms with E-state index in [1.54, 1.807) is 11.9 Å². The summed E-state index contributed by atoms with van der Waals surface area (Å²) in [5.74, 6) is 3.30. The third-order valence-electron chi connectivity index (χ3n) is 2.58. The highest BCUT2D eigenvalue weighted by atomic mass is 16.5. The Hall–Kier alpha value is -1.99. The van der Waals surface area contributed by atoms with Crippen molar-refractivity contribution in [2.75, 3.05) is 26.7 Å². The van der Waals surface area contributed by atoms with E-state index in [0.717, 1.165) is 11.3 Å². The van der Waals surface area contributed by atoms with Gasteiger partial charge < -0.3 is 9.64 Å². The minimum Gasteiger partial charge on any atom is -0.494 e. The first-order valence-electron chi connectivity index (χ1n) is 6.27. The third-order valence-corrected chi connectivity index (χ3v) is 2.58. The molecule has 0 spiro atoms. The number of rotatable bonds is 7. The van der Waals surface area contributed by atoms with E-state index >= 15 is 0 Å². The first-order valence-corrected chi connectivity index (χ1v) is 6.27. The predicted octanol–water partition coefficient (Wildman–Crippen LogP) is 1.27. The molecule has 0 aliphatic rings. The molecule has 0 saturated carbocycles. The van der Waals surface area contributed by atoms with Gasteiger partial charge in [-0.15, -0.1) is 6.42 Å². The number of carbonyl (C=O) groups is 1. The monoisotopic (exact) mass is 260 g/mol. The lowest BCUT2D eigenvalue weighted by atomic mass is 10.2. The lowest BCUT2D eigenvalue weighted by Crippen LogP contribution is -2.35. The number of likely N-dealkylation sites (N-methyl/N-ethyl adjacent to an activating group) is 1. The van der Waals surface area contributed by atoms with Crippen molar-refractivity contribution in [3.05, 3.63) is 29.8 Å². The summed E-state index contributed by atoms with van der Waals surface area (Å²) in [4.78, 5) is 13.4. The molecule has 1 rings (SSSR count). The van der Waals surface area contributed by atoms with Gasteiger partial charge >= 0.3 is 0 Å². The van der Waals surface area contributed by atoms with Crippen LogP contribution in [0.2, 0.25) is 0 Å². The highest BCUT2D eigenvalue weighted by Gasteiger charge is 2.08. The van der Waals surface area contributed by atoms with Gasteiger partial charge in [0.05, 0.1) is 19.7 Å². The molecule has 4 heteroatoms. The number of ether oxygens (including phenoxy) is 1. The fourth-order valence-electron chi connectivity index (χ4n) is 1.60. The Bertz CT molecular complexity index is 434. The first kappa shape index (κ1) is 15.1. The van der Waals surface area contributed by atoms with Crippen LogP contribution in [-0.2, 0) is 11.3 Å². The molecular formula is C15H20N2O2. The topological polar surface area (TPSA) is 41.6 Å². The molecule has 102 valence electrons. The van der Waals surface area contributed by atoms with Crippen LogP contribution in [0.5, 0.6) is 5.75 Å². The maximum absolute atomic E-state index is 11.8. The minimum absolute atomic E-state index is 0.0177. The lowest BCUT2D eigenvalue weighted by molar-refractivity contribution is -0.129. The number of terminal acetylenes is 1. The van der Waals surface area contributed by atoms with E-state index in [2.05, 4.69) is 11.2 Å². The normalized spacial score (nSPS) is 9.74. The Balaban J connectivity index is 2.45. The van der Waals surface area contributed by atoms with E-state index in [4.69, 9.17) is 11.2 Å². The smallest absolute Gasteiger partial charge is 0.236 e. The summed E-state index contributed by atoms with van der Waals surface area (Å²) in [5.41, 5.74) is 1.07. The Morgan fingerprint density at radius 3 is 2.68 bits per heavy atom. The van der Waals surface area contributed by atoms with Crippen molar-refractivity contribution in [1.82, 2.24) is 10.2 Å². The quantitative estimate of drug-likeness (QED) is 0.593. The summed E-state index contributed by atoms with van der Waals surface area (Å²) in [7, 11) is 1.77. The molecule has 19 heavy (non-hydrogen) atoms. The van der Waals surface area contributed by atoms with Crippen LogP contribution in [0.1, 0.15) is 12.5 Å². The molecule has 0 fully saturated rings. The van der Waals surface area contributed by atoms with Gasteiger partial charge in [0.1, 0.15) is 5.75 Å². The van der Waals surface area contributed by atoms with Crippen molar-refractivity contribution in [1.29, 1.82) is 0 Å². The summed E-state index contributed by atoms with van der Waals surface area (Å²) in [6.45, 7) is 3.84. The maximum atomic E-state index is 11.8. The molecule has 1 aromatic carbocycles. The van der Waals surface area contributed by atoms with Crippen molar-refractivity contribution in [3.8, 4) is 18.1 Å². The van der Waals surface area contributed by atoms with Gasteiger partial charge in [-0.05, 0) is 24.6 Å². The fourth-order valence-corrected chi connectivity index (χ4v) is 1.60. The summed E-state index contributed by atoms with van der Waals surface area (Å²) in [6, 6.07) is 7.74. The Kier molecular flexibility index (Phi) is 6.48. The van der Waals surface area contributed by atoms with Crippen molar-refractivity contribution in [2.24, 2.45) is 0 Å². The second-order valence-corrected chi connectivity index (χ2v) is 4.13. The van der Waals surface area contributed by atoms with Crippen LogP contribution in [0.15, 0.2) is 24.3 Å². The van der Waals surface area contributed by atoms with Gasteiger partial charge in [-0.1, -0.05) is 18.1 Å². The fraction of sp³-hybridized carbons (Fsp3) is 0.400. The standard InChI is InChI=1S/C15H20N2O2/c1-4-10-16-11-15(18)17(3)12-13-6-8-14(9-7-13)19-5-2/h1,6-9,16H,5,10-12H2,2-3H3. The minimum atomic E-state index is 0.0177. The Morgan fingerprint density at radius 2 is 2.11 bits per heavy atom. The molecule has 1 amide bonds. The zero-order valence-corrected chi connectivity index (χ0v) is 11.5. The number of benzene rings is 1. The van der Waals surface area contributed by atoms with Gasteiger partial charge in [0.25, 0.3) is 0 Å². The van der Waals surface area contributed by atoms with E-state index in [9.17, 15) is 4.79 Å². The van der Waals surface area contributed by atoms with Gasteiger partial charge in [0.2, 0.25) is 5.91 Å². The first-order chi connectivity index (χ1) is 9.17. The van der Waals surface area contributed by atoms with Gasteiger partial charge in [-0.3, -0.25) is 10.1 Å². The number of nitrogens with one attached hydrogen (secondary N) is 1. The second-order valence-electron chi connectivity index (χ2n) is 4.13. The van der Waals surface area contributed by atoms with Crippen LogP contribution in [0.4, 0.5) is 0 Å². The Morgan fingerprint density at radius 1 is 1.42 bits per heavy atom. The highest BCUT2D eigenvalue weighted by molar-refractivity contribution is 5.78. The molecule has 0 saturated heterocycles. The average molecular weight is 260 g/mol. The molecule has 0 aliphatic heterocycles. The van der Waals surface area contributed by atoms with Crippen LogP contribution >= 0.6 is 0 Å². The van der Waals surface area contributed by atoms with Crippen LogP contribution in [0.3, 0.4) is 0 Å². The molecule has 0 bridgehead atoms. The largest absolute Gasteiger partial charge is 0.494 e. The van der Waals surface area contributed by atoms with E-state index in [-0.39, 0.29) is 12.5 Å². The number of amides is 1. The van der Waals surface area contributed by atoms with Crippen molar-refractivity contribution in [3.63, 3.8) is 0 Å². The van der Waals surface area contributed by atoms with Gasteiger partial charge in [0, 0.05) is 13.6 Å². The van der Waals surface area contributed by atoms with E-state index < -0.39 is 0 Å². The number of nitrogens with zero attached hydrogens (tertiary/aromatic N) is 1. The van der Waals surface area contributed by atoms with Crippen LogP contribution in [0.25, 0.3) is 0 Å². The van der Waals surface area contributed by atoms with E-state index in [1.165, 1.54) is 0 Å². The SMILES string of the molecule is C#CCNCC(=O)N(C)Cc1ccc(OCC)cc1. The Labute approximate surface area is 114 Å². The summed E-state index contributed by atoms with van der Waals surface area (Å²) in [5, 5.41) is 2.88. The summed E-state index contributed by atoms with van der Waals surface area (Å²) in [6.07, 6.45) is 5.10. The molecule has 0 atom stereocenters.